The first-order valence-electron chi connectivity index (χ1n) is 11.1. The number of furan rings is 1. The molecule has 7 heteroatoms. The largest absolute Gasteiger partial charge is 0.497 e. The van der Waals surface area contributed by atoms with Crippen molar-refractivity contribution >= 4 is 17.5 Å². The molecule has 4 rings (SSSR count). The third-order valence-corrected chi connectivity index (χ3v) is 5.93. The molecule has 0 radical (unpaired) electrons. The molecule has 0 bridgehead atoms. The molecular formula is C26H27FN2O4. The monoisotopic (exact) mass is 450 g/mol. The highest BCUT2D eigenvalue weighted by Crippen LogP contribution is 2.33. The zero-order chi connectivity index (χ0) is 23.2. The van der Waals surface area contributed by atoms with E-state index in [9.17, 15) is 9.59 Å². The summed E-state index contributed by atoms with van der Waals surface area (Å²) in [5.74, 6) is -1.07. The first-order chi connectivity index (χ1) is 16.1. The van der Waals surface area contributed by atoms with E-state index in [-0.39, 0.29) is 23.4 Å². The molecule has 172 valence electrons. The van der Waals surface area contributed by atoms with Gasteiger partial charge in [-0.05, 0) is 54.8 Å². The molecule has 33 heavy (non-hydrogen) atoms. The summed E-state index contributed by atoms with van der Waals surface area (Å²) in [5.41, 5.74) is 0.497. The number of rotatable bonds is 7. The van der Waals surface area contributed by atoms with Crippen LogP contribution in [0.15, 0.2) is 71.3 Å². The highest BCUT2D eigenvalue weighted by Gasteiger charge is 2.37. The van der Waals surface area contributed by atoms with Gasteiger partial charge in [-0.25, -0.2) is 4.39 Å². The number of hydrogen-bond donors (Lipinski definition) is 1. The molecule has 0 unspecified atom stereocenters. The second kappa shape index (κ2) is 10.3. The summed E-state index contributed by atoms with van der Waals surface area (Å²) < 4.78 is 25.7. The van der Waals surface area contributed by atoms with Crippen LogP contribution in [0.1, 0.15) is 54.3 Å². The maximum atomic E-state index is 15.0. The van der Waals surface area contributed by atoms with Crippen molar-refractivity contribution in [3.05, 3.63) is 84.1 Å². The fraction of sp³-hybridized carbons (Fsp3) is 0.308. The molecule has 1 saturated carbocycles. The van der Waals surface area contributed by atoms with Crippen molar-refractivity contribution in [2.45, 2.75) is 44.2 Å². The fourth-order valence-corrected chi connectivity index (χ4v) is 4.29. The molecule has 0 saturated heterocycles. The van der Waals surface area contributed by atoms with Gasteiger partial charge in [0.05, 0.1) is 19.1 Å². The van der Waals surface area contributed by atoms with Crippen LogP contribution in [0.5, 0.6) is 5.75 Å². The normalized spacial score (nSPS) is 15.0. The van der Waals surface area contributed by atoms with E-state index >= 15 is 4.39 Å². The molecule has 1 fully saturated rings. The maximum Gasteiger partial charge on any atom is 0.295 e. The van der Waals surface area contributed by atoms with Crippen LogP contribution < -0.4 is 15.0 Å². The van der Waals surface area contributed by atoms with Crippen molar-refractivity contribution in [1.29, 1.82) is 0 Å². The highest BCUT2D eigenvalue weighted by atomic mass is 19.1. The van der Waals surface area contributed by atoms with E-state index in [1.54, 1.807) is 36.4 Å². The minimum atomic E-state index is -1.13. The van der Waals surface area contributed by atoms with Crippen molar-refractivity contribution in [3.8, 4) is 5.75 Å². The molecule has 6 nitrogen and oxygen atoms in total. The van der Waals surface area contributed by atoms with Crippen molar-refractivity contribution in [1.82, 2.24) is 5.32 Å². The lowest BCUT2D eigenvalue weighted by atomic mass is 9.94. The number of methoxy groups -OCH3 is 1. The smallest absolute Gasteiger partial charge is 0.295 e. The van der Waals surface area contributed by atoms with Gasteiger partial charge in [0.1, 0.15) is 17.6 Å². The molecule has 3 aromatic rings. The Morgan fingerprint density at radius 3 is 2.55 bits per heavy atom. The summed E-state index contributed by atoms with van der Waals surface area (Å²) in [7, 11) is 1.53. The minimum absolute atomic E-state index is 0.00878. The molecule has 1 aliphatic carbocycles. The quantitative estimate of drug-likeness (QED) is 0.533. The Bertz CT molecular complexity index is 1090. The molecule has 1 heterocycles. The van der Waals surface area contributed by atoms with E-state index in [1.807, 2.05) is 0 Å². The SMILES string of the molecule is COc1cccc([C@@H](C(=O)NC2CCCCC2)N(C(=O)c2ccco2)c2ccccc2F)c1. The minimum Gasteiger partial charge on any atom is -0.497 e. The third kappa shape index (κ3) is 5.08. The number of carbonyl (C=O) groups excluding carboxylic acids is 2. The van der Waals surface area contributed by atoms with E-state index in [4.69, 9.17) is 9.15 Å². The number of carbonyl (C=O) groups is 2. The fourth-order valence-electron chi connectivity index (χ4n) is 4.29. The van der Waals surface area contributed by atoms with Gasteiger partial charge >= 0.3 is 0 Å². The van der Waals surface area contributed by atoms with Crippen LogP contribution in [0, 0.1) is 5.82 Å². The summed E-state index contributed by atoms with van der Waals surface area (Å²) in [6.07, 6.45) is 6.35. The number of amides is 2. The average Bonchev–Trinajstić information content (AvgIpc) is 3.38. The van der Waals surface area contributed by atoms with E-state index < -0.39 is 17.8 Å². The number of halogens is 1. The average molecular weight is 451 g/mol. The number of anilines is 1. The Balaban J connectivity index is 1.82. The van der Waals surface area contributed by atoms with Crippen molar-refractivity contribution in [2.75, 3.05) is 12.0 Å². The molecule has 1 aromatic heterocycles. The van der Waals surface area contributed by atoms with Crippen LogP contribution in [-0.4, -0.2) is 25.0 Å². The van der Waals surface area contributed by atoms with Crippen molar-refractivity contribution in [2.24, 2.45) is 0 Å². The zero-order valence-electron chi connectivity index (χ0n) is 18.5. The summed E-state index contributed by atoms with van der Waals surface area (Å²) in [4.78, 5) is 28.5. The maximum absolute atomic E-state index is 15.0. The highest BCUT2D eigenvalue weighted by molar-refractivity contribution is 6.08. The van der Waals surface area contributed by atoms with Crippen LogP contribution in [0.2, 0.25) is 0 Å². The number of nitrogens with zero attached hydrogens (tertiary/aromatic N) is 1. The lowest BCUT2D eigenvalue weighted by Crippen LogP contribution is -2.47. The van der Waals surface area contributed by atoms with E-state index in [0.29, 0.717) is 11.3 Å². The summed E-state index contributed by atoms with van der Waals surface area (Å²) in [6.45, 7) is 0. The molecule has 1 N–H and O–H groups in total. The first-order valence-corrected chi connectivity index (χ1v) is 11.1. The van der Waals surface area contributed by atoms with E-state index in [2.05, 4.69) is 5.32 Å². The van der Waals surface area contributed by atoms with Gasteiger partial charge in [-0.15, -0.1) is 0 Å². The standard InChI is InChI=1S/C26H27FN2O4/c1-32-20-12-7-9-18(17-20)24(25(30)28-19-10-3-2-4-11-19)29(22-14-6-5-13-21(22)27)26(31)23-15-8-16-33-23/h5-9,12-17,19,24H,2-4,10-11H2,1H3,(H,28,30)/t24-/m0/s1. The van der Waals surface area contributed by atoms with Gasteiger partial charge in [-0.2, -0.15) is 0 Å². The number of hydrogen-bond acceptors (Lipinski definition) is 4. The van der Waals surface area contributed by atoms with Crippen LogP contribution >= 0.6 is 0 Å². The van der Waals surface area contributed by atoms with Gasteiger partial charge in [0.25, 0.3) is 5.91 Å². The number of ether oxygens (including phenoxy) is 1. The van der Waals surface area contributed by atoms with Crippen molar-refractivity contribution < 1.29 is 23.1 Å². The molecule has 1 aliphatic rings. The Morgan fingerprint density at radius 1 is 1.06 bits per heavy atom. The summed E-state index contributed by atoms with van der Waals surface area (Å²) in [5, 5.41) is 3.10. The molecule has 2 amide bonds. The molecular weight excluding hydrogens is 423 g/mol. The predicted octanol–water partition coefficient (Wildman–Crippen LogP) is 5.26. The molecule has 0 aliphatic heterocycles. The zero-order valence-corrected chi connectivity index (χ0v) is 18.5. The van der Waals surface area contributed by atoms with Gasteiger partial charge in [-0.3, -0.25) is 14.5 Å². The number of nitrogens with one attached hydrogen (secondary N) is 1. The lowest BCUT2D eigenvalue weighted by molar-refractivity contribution is -0.123. The van der Waals surface area contributed by atoms with Gasteiger partial charge in [0, 0.05) is 6.04 Å². The van der Waals surface area contributed by atoms with Crippen molar-refractivity contribution in [3.63, 3.8) is 0 Å². The first kappa shape index (κ1) is 22.6. The number of benzene rings is 2. The van der Waals surface area contributed by atoms with Crippen LogP contribution in [-0.2, 0) is 4.79 Å². The van der Waals surface area contributed by atoms with Crippen LogP contribution in [0.25, 0.3) is 0 Å². The van der Waals surface area contributed by atoms with Gasteiger partial charge in [0.15, 0.2) is 5.76 Å². The topological polar surface area (TPSA) is 71.8 Å². The second-order valence-corrected chi connectivity index (χ2v) is 8.13. The Kier molecular flexibility index (Phi) is 7.07. The molecule has 0 spiro atoms. The second-order valence-electron chi connectivity index (χ2n) is 8.13. The molecule has 1 atom stereocenters. The number of para-hydroxylation sites is 1. The van der Waals surface area contributed by atoms with Gasteiger partial charge in [0.2, 0.25) is 5.91 Å². The Labute approximate surface area is 192 Å². The van der Waals surface area contributed by atoms with Crippen LogP contribution in [0.3, 0.4) is 0 Å². The lowest BCUT2D eigenvalue weighted by Gasteiger charge is -2.33. The van der Waals surface area contributed by atoms with Gasteiger partial charge < -0.3 is 14.5 Å². The van der Waals surface area contributed by atoms with E-state index in [0.717, 1.165) is 32.1 Å². The third-order valence-electron chi connectivity index (χ3n) is 5.93. The predicted molar refractivity (Wildman–Crippen MR) is 123 cm³/mol. The molecule has 2 aromatic carbocycles. The van der Waals surface area contributed by atoms with Crippen LogP contribution in [0.4, 0.5) is 10.1 Å². The van der Waals surface area contributed by atoms with Gasteiger partial charge in [-0.1, -0.05) is 43.5 Å². The Morgan fingerprint density at radius 2 is 1.85 bits per heavy atom. The summed E-state index contributed by atoms with van der Waals surface area (Å²) in [6, 6.07) is 14.8. The van der Waals surface area contributed by atoms with E-state index in [1.165, 1.54) is 42.5 Å². The summed E-state index contributed by atoms with van der Waals surface area (Å²) >= 11 is 0. The Hall–Kier alpha value is -3.61.